The maximum Gasteiger partial charge on any atom is 0.407 e. The molecule has 0 aliphatic rings. The zero-order valence-electron chi connectivity index (χ0n) is 12.0. The van der Waals surface area contributed by atoms with Crippen molar-refractivity contribution in [2.75, 3.05) is 7.11 Å². The molecule has 1 heterocycles. The number of carbonyl (C=O) groups is 1. The summed E-state index contributed by atoms with van der Waals surface area (Å²) in [6, 6.07) is 0. The van der Waals surface area contributed by atoms with Crippen molar-refractivity contribution in [1.29, 1.82) is 0 Å². The lowest BCUT2D eigenvalue weighted by Crippen LogP contribution is -2.32. The summed E-state index contributed by atoms with van der Waals surface area (Å²) in [5.74, 6) is 0.450. The van der Waals surface area contributed by atoms with E-state index < -0.39 is 11.7 Å². The molecule has 0 aliphatic carbocycles. The Balaban J connectivity index is 2.80. The minimum Gasteiger partial charge on any atom is -0.494 e. The summed E-state index contributed by atoms with van der Waals surface area (Å²) >= 11 is 0. The van der Waals surface area contributed by atoms with Gasteiger partial charge in [0.25, 0.3) is 0 Å². The van der Waals surface area contributed by atoms with Crippen LogP contribution in [0, 0.1) is 0 Å². The minimum absolute atomic E-state index is 0.181. The normalized spacial score (nSPS) is 11.4. The number of methoxy groups -OCH3 is 1. The van der Waals surface area contributed by atoms with Gasteiger partial charge in [-0.2, -0.15) is 0 Å². The summed E-state index contributed by atoms with van der Waals surface area (Å²) in [4.78, 5) is 15.6. The third-order valence-electron chi connectivity index (χ3n) is 2.26. The number of nitrogens with one attached hydrogen (secondary N) is 1. The number of oxime groups is 1. The molecule has 20 heavy (non-hydrogen) atoms. The van der Waals surface area contributed by atoms with Crippen LogP contribution in [0.1, 0.15) is 31.9 Å². The molecular weight excluding hydrogens is 262 g/mol. The Morgan fingerprint density at radius 1 is 1.50 bits per heavy atom. The third kappa shape index (κ3) is 4.75. The number of hydrogen-bond donors (Lipinski definition) is 2. The highest BCUT2D eigenvalue weighted by molar-refractivity contribution is 5.85. The van der Waals surface area contributed by atoms with Crippen molar-refractivity contribution >= 4 is 12.3 Å². The summed E-state index contributed by atoms with van der Waals surface area (Å²) in [5.41, 5.74) is 0.626. The van der Waals surface area contributed by atoms with Gasteiger partial charge in [0.05, 0.1) is 19.5 Å². The lowest BCUT2D eigenvalue weighted by molar-refractivity contribution is 0.0523. The van der Waals surface area contributed by atoms with Gasteiger partial charge in [0.1, 0.15) is 11.4 Å². The van der Waals surface area contributed by atoms with Crippen LogP contribution in [-0.2, 0) is 11.3 Å². The van der Waals surface area contributed by atoms with Crippen molar-refractivity contribution in [3.8, 4) is 5.75 Å². The molecule has 0 unspecified atom stereocenters. The van der Waals surface area contributed by atoms with Crippen LogP contribution in [0.25, 0.3) is 0 Å². The number of nitrogens with zero attached hydrogens (tertiary/aromatic N) is 2. The molecular formula is C13H19N3O4. The van der Waals surface area contributed by atoms with E-state index in [1.165, 1.54) is 19.5 Å². The fourth-order valence-corrected chi connectivity index (χ4v) is 1.48. The van der Waals surface area contributed by atoms with Gasteiger partial charge in [-0.3, -0.25) is 4.98 Å². The highest BCUT2D eigenvalue weighted by atomic mass is 16.6. The molecule has 1 aromatic heterocycles. The van der Waals surface area contributed by atoms with E-state index in [4.69, 9.17) is 14.7 Å². The SMILES string of the molecule is COc1cncc(CNC(=O)OC(C)(C)C)c1/C=N/O. The topological polar surface area (TPSA) is 93.0 Å². The largest absolute Gasteiger partial charge is 0.494 e. The summed E-state index contributed by atoms with van der Waals surface area (Å²) in [6.45, 7) is 5.52. The molecule has 0 spiro atoms. The van der Waals surface area contributed by atoms with E-state index in [0.29, 0.717) is 16.9 Å². The van der Waals surface area contributed by atoms with E-state index in [0.717, 1.165) is 0 Å². The van der Waals surface area contributed by atoms with E-state index in [2.05, 4.69) is 15.5 Å². The monoisotopic (exact) mass is 281 g/mol. The number of alkyl carbamates (subject to hydrolysis) is 1. The molecule has 0 fully saturated rings. The highest BCUT2D eigenvalue weighted by Crippen LogP contribution is 2.18. The number of ether oxygens (including phenoxy) is 2. The first-order chi connectivity index (χ1) is 9.37. The molecule has 0 radical (unpaired) electrons. The lowest BCUT2D eigenvalue weighted by Gasteiger charge is -2.20. The summed E-state index contributed by atoms with van der Waals surface area (Å²) in [7, 11) is 1.48. The number of pyridine rings is 1. The van der Waals surface area contributed by atoms with E-state index in [1.807, 2.05) is 0 Å². The zero-order valence-corrected chi connectivity index (χ0v) is 12.0. The Bertz CT molecular complexity index is 495. The number of aromatic nitrogens is 1. The average Bonchev–Trinajstić information content (AvgIpc) is 2.35. The standard InChI is InChI=1S/C13H19N3O4/c1-13(2,3)20-12(17)15-6-9-5-14-8-11(19-4)10(9)7-16-18/h5,7-8,18H,6H2,1-4H3,(H,15,17)/b16-7+. The molecule has 7 nitrogen and oxygen atoms in total. The first kappa shape index (κ1) is 15.7. The van der Waals surface area contributed by atoms with Crippen molar-refractivity contribution in [1.82, 2.24) is 10.3 Å². The summed E-state index contributed by atoms with van der Waals surface area (Å²) < 4.78 is 10.2. The molecule has 0 saturated carbocycles. The van der Waals surface area contributed by atoms with Crippen molar-refractivity contribution in [3.05, 3.63) is 23.5 Å². The Morgan fingerprint density at radius 2 is 2.20 bits per heavy atom. The van der Waals surface area contributed by atoms with Crippen LogP contribution in [0.15, 0.2) is 17.5 Å². The van der Waals surface area contributed by atoms with Crippen molar-refractivity contribution in [2.45, 2.75) is 32.9 Å². The fourth-order valence-electron chi connectivity index (χ4n) is 1.48. The molecule has 2 N–H and O–H groups in total. The minimum atomic E-state index is -0.563. The van der Waals surface area contributed by atoms with Crippen LogP contribution in [0.5, 0.6) is 5.75 Å². The predicted molar refractivity (Wildman–Crippen MR) is 73.2 cm³/mol. The van der Waals surface area contributed by atoms with Crippen LogP contribution in [0.4, 0.5) is 4.79 Å². The van der Waals surface area contributed by atoms with Crippen LogP contribution >= 0.6 is 0 Å². The second kappa shape index (κ2) is 6.74. The smallest absolute Gasteiger partial charge is 0.407 e. The van der Waals surface area contributed by atoms with Gasteiger partial charge in [0.2, 0.25) is 0 Å². The van der Waals surface area contributed by atoms with Gasteiger partial charge in [0, 0.05) is 23.9 Å². The van der Waals surface area contributed by atoms with Gasteiger partial charge in [-0.15, -0.1) is 0 Å². The van der Waals surface area contributed by atoms with Crippen molar-refractivity contribution in [2.24, 2.45) is 5.16 Å². The average molecular weight is 281 g/mol. The molecule has 1 aromatic rings. The second-order valence-electron chi connectivity index (χ2n) is 5.01. The van der Waals surface area contributed by atoms with Crippen LogP contribution < -0.4 is 10.1 Å². The molecule has 0 bridgehead atoms. The van der Waals surface area contributed by atoms with Crippen LogP contribution in [-0.4, -0.2) is 35.2 Å². The predicted octanol–water partition coefficient (Wildman–Crippen LogP) is 1.92. The van der Waals surface area contributed by atoms with Crippen molar-refractivity contribution < 1.29 is 19.5 Å². The molecule has 1 amide bonds. The Kier molecular flexibility index (Phi) is 5.31. The maximum absolute atomic E-state index is 11.6. The van der Waals surface area contributed by atoms with Gasteiger partial charge in [-0.25, -0.2) is 4.79 Å². The van der Waals surface area contributed by atoms with E-state index >= 15 is 0 Å². The van der Waals surface area contributed by atoms with Crippen LogP contribution in [0.2, 0.25) is 0 Å². The number of amides is 1. The second-order valence-corrected chi connectivity index (χ2v) is 5.01. The van der Waals surface area contributed by atoms with Gasteiger partial charge in [0.15, 0.2) is 0 Å². The zero-order chi connectivity index (χ0) is 15.2. The first-order valence-corrected chi connectivity index (χ1v) is 6.02. The summed E-state index contributed by atoms with van der Waals surface area (Å²) in [6.07, 6.45) is 3.74. The lowest BCUT2D eigenvalue weighted by atomic mass is 10.1. The Morgan fingerprint density at radius 3 is 2.75 bits per heavy atom. The maximum atomic E-state index is 11.6. The quantitative estimate of drug-likeness (QED) is 0.499. The highest BCUT2D eigenvalue weighted by Gasteiger charge is 2.16. The van der Waals surface area contributed by atoms with Gasteiger partial charge in [-0.05, 0) is 20.8 Å². The molecule has 0 saturated heterocycles. The molecule has 0 atom stereocenters. The molecule has 1 rings (SSSR count). The third-order valence-corrected chi connectivity index (χ3v) is 2.26. The van der Waals surface area contributed by atoms with Crippen molar-refractivity contribution in [3.63, 3.8) is 0 Å². The van der Waals surface area contributed by atoms with E-state index in [1.54, 1.807) is 27.0 Å². The number of hydrogen-bond acceptors (Lipinski definition) is 6. The van der Waals surface area contributed by atoms with E-state index in [-0.39, 0.29) is 6.54 Å². The fraction of sp³-hybridized carbons (Fsp3) is 0.462. The molecule has 110 valence electrons. The Hall–Kier alpha value is -2.31. The number of carbonyl (C=O) groups excluding carboxylic acids is 1. The van der Waals surface area contributed by atoms with E-state index in [9.17, 15) is 4.79 Å². The molecule has 0 aliphatic heterocycles. The summed E-state index contributed by atoms with van der Waals surface area (Å²) in [5, 5.41) is 14.3. The first-order valence-electron chi connectivity index (χ1n) is 6.02. The molecule has 0 aromatic carbocycles. The van der Waals surface area contributed by atoms with Crippen LogP contribution in [0.3, 0.4) is 0 Å². The van der Waals surface area contributed by atoms with Gasteiger partial charge >= 0.3 is 6.09 Å². The molecule has 7 heteroatoms. The Labute approximate surface area is 117 Å². The number of rotatable bonds is 4. The van der Waals surface area contributed by atoms with Gasteiger partial charge < -0.3 is 20.0 Å². The van der Waals surface area contributed by atoms with Gasteiger partial charge in [-0.1, -0.05) is 5.16 Å².